The van der Waals surface area contributed by atoms with Crippen LogP contribution in [0.1, 0.15) is 26.3 Å². The first-order valence-electron chi connectivity index (χ1n) is 8.48. The number of nitro groups is 1. The first kappa shape index (κ1) is 20.0. The summed E-state index contributed by atoms with van der Waals surface area (Å²) in [4.78, 5) is 35.0. The molecule has 7 heteroatoms. The van der Waals surface area contributed by atoms with Gasteiger partial charge >= 0.3 is 5.97 Å². The zero-order chi connectivity index (χ0) is 20.8. The largest absolute Gasteiger partial charge is 0.422 e. The Hall–Kier alpha value is -3.77. The highest BCUT2D eigenvalue weighted by atomic mass is 35.5. The Morgan fingerprint density at radius 2 is 1.66 bits per heavy atom. The van der Waals surface area contributed by atoms with E-state index >= 15 is 0 Å². The Balaban J connectivity index is 1.79. The molecule has 0 unspecified atom stereocenters. The minimum atomic E-state index is -0.737. The molecule has 0 fully saturated rings. The smallest absolute Gasteiger partial charge is 0.343 e. The third-order valence-electron chi connectivity index (χ3n) is 3.96. The number of nitrogens with zero attached hydrogens (tertiary/aromatic N) is 1. The minimum absolute atomic E-state index is 0.0511. The van der Waals surface area contributed by atoms with E-state index in [-0.39, 0.29) is 22.8 Å². The number of hydrogen-bond acceptors (Lipinski definition) is 5. The molecule has 3 aromatic carbocycles. The van der Waals surface area contributed by atoms with Gasteiger partial charge in [-0.1, -0.05) is 35.9 Å². The predicted molar refractivity (Wildman–Crippen MR) is 109 cm³/mol. The van der Waals surface area contributed by atoms with Gasteiger partial charge in [0.25, 0.3) is 5.69 Å². The second kappa shape index (κ2) is 8.95. The first-order valence-corrected chi connectivity index (χ1v) is 8.85. The Morgan fingerprint density at radius 1 is 0.931 bits per heavy atom. The number of para-hydroxylation sites is 1. The standard InChI is InChI=1S/C22H14ClNO5/c23-18-11-8-15(9-12-18)20(25)13-10-16-4-1-2-7-21(16)29-22(26)17-5-3-6-19(14-17)24(27)28/h1-14H/b13-10+. The first-order chi connectivity index (χ1) is 13.9. The van der Waals surface area contributed by atoms with Crippen molar-refractivity contribution in [1.82, 2.24) is 0 Å². The Morgan fingerprint density at radius 3 is 2.38 bits per heavy atom. The highest BCUT2D eigenvalue weighted by Crippen LogP contribution is 2.22. The van der Waals surface area contributed by atoms with Crippen LogP contribution < -0.4 is 4.74 Å². The van der Waals surface area contributed by atoms with Crippen LogP contribution >= 0.6 is 11.6 Å². The number of hydrogen-bond donors (Lipinski definition) is 0. The minimum Gasteiger partial charge on any atom is -0.422 e. The van der Waals surface area contributed by atoms with Crippen LogP contribution in [0.5, 0.6) is 5.75 Å². The molecule has 6 nitrogen and oxygen atoms in total. The zero-order valence-electron chi connectivity index (χ0n) is 14.9. The van der Waals surface area contributed by atoms with Gasteiger partial charge in [0.1, 0.15) is 5.75 Å². The van der Waals surface area contributed by atoms with Crippen LogP contribution in [0.2, 0.25) is 5.02 Å². The van der Waals surface area contributed by atoms with E-state index in [1.54, 1.807) is 48.5 Å². The molecule has 0 heterocycles. The molecule has 0 aromatic heterocycles. The van der Waals surface area contributed by atoms with Gasteiger partial charge in [0, 0.05) is 28.3 Å². The predicted octanol–water partition coefficient (Wildman–Crippen LogP) is 5.36. The van der Waals surface area contributed by atoms with Crippen molar-refractivity contribution in [2.24, 2.45) is 0 Å². The van der Waals surface area contributed by atoms with Crippen LogP contribution in [0.25, 0.3) is 6.08 Å². The van der Waals surface area contributed by atoms with E-state index in [0.29, 0.717) is 16.1 Å². The quantitative estimate of drug-likeness (QED) is 0.137. The molecule has 3 aromatic rings. The molecule has 3 rings (SSSR count). The van der Waals surface area contributed by atoms with E-state index in [1.807, 2.05) is 0 Å². The molecule has 0 aliphatic heterocycles. The summed E-state index contributed by atoms with van der Waals surface area (Å²) in [6.07, 6.45) is 2.90. The Labute approximate surface area is 171 Å². The lowest BCUT2D eigenvalue weighted by molar-refractivity contribution is -0.384. The van der Waals surface area contributed by atoms with Crippen molar-refractivity contribution in [3.63, 3.8) is 0 Å². The Kier molecular flexibility index (Phi) is 6.16. The topological polar surface area (TPSA) is 86.5 Å². The van der Waals surface area contributed by atoms with Gasteiger partial charge in [0.15, 0.2) is 5.78 Å². The highest BCUT2D eigenvalue weighted by Gasteiger charge is 2.14. The summed E-state index contributed by atoms with van der Waals surface area (Å²) in [5.41, 5.74) is 0.821. The van der Waals surface area contributed by atoms with Crippen LogP contribution in [-0.4, -0.2) is 16.7 Å². The van der Waals surface area contributed by atoms with Crippen molar-refractivity contribution in [3.8, 4) is 5.75 Å². The van der Waals surface area contributed by atoms with E-state index in [9.17, 15) is 19.7 Å². The van der Waals surface area contributed by atoms with Gasteiger partial charge in [0.05, 0.1) is 10.5 Å². The van der Waals surface area contributed by atoms with E-state index in [2.05, 4.69) is 0 Å². The average Bonchev–Trinajstić information content (AvgIpc) is 2.73. The maximum atomic E-state index is 12.4. The highest BCUT2D eigenvalue weighted by molar-refractivity contribution is 6.30. The van der Waals surface area contributed by atoms with Gasteiger partial charge < -0.3 is 4.74 Å². The number of carbonyl (C=O) groups excluding carboxylic acids is 2. The summed E-state index contributed by atoms with van der Waals surface area (Å²) in [5, 5.41) is 11.4. The maximum Gasteiger partial charge on any atom is 0.343 e. The Bertz CT molecular complexity index is 1110. The molecule has 0 amide bonds. The number of rotatable bonds is 6. The van der Waals surface area contributed by atoms with Gasteiger partial charge in [-0.05, 0) is 48.6 Å². The number of halogens is 1. The van der Waals surface area contributed by atoms with Crippen molar-refractivity contribution in [2.75, 3.05) is 0 Å². The van der Waals surface area contributed by atoms with Gasteiger partial charge in [0.2, 0.25) is 0 Å². The maximum absolute atomic E-state index is 12.4. The molecule has 0 N–H and O–H groups in total. The third-order valence-corrected chi connectivity index (χ3v) is 4.21. The summed E-state index contributed by atoms with van der Waals surface area (Å²) >= 11 is 5.82. The molecule has 29 heavy (non-hydrogen) atoms. The van der Waals surface area contributed by atoms with E-state index in [4.69, 9.17) is 16.3 Å². The van der Waals surface area contributed by atoms with Gasteiger partial charge in [-0.2, -0.15) is 0 Å². The number of esters is 1. The van der Waals surface area contributed by atoms with E-state index < -0.39 is 10.9 Å². The summed E-state index contributed by atoms with van der Waals surface area (Å²) in [5.74, 6) is -0.746. The fraction of sp³-hybridized carbons (Fsp3) is 0. The number of ether oxygens (including phenoxy) is 1. The molecular formula is C22H14ClNO5. The lowest BCUT2D eigenvalue weighted by atomic mass is 10.1. The second-order valence-electron chi connectivity index (χ2n) is 5.94. The van der Waals surface area contributed by atoms with Crippen molar-refractivity contribution in [1.29, 1.82) is 0 Å². The van der Waals surface area contributed by atoms with Crippen LogP contribution in [0.15, 0.2) is 78.9 Å². The normalized spacial score (nSPS) is 10.7. The van der Waals surface area contributed by atoms with Crippen LogP contribution in [-0.2, 0) is 0 Å². The molecule has 0 saturated heterocycles. The van der Waals surface area contributed by atoms with Crippen LogP contribution in [0.3, 0.4) is 0 Å². The summed E-state index contributed by atoms with van der Waals surface area (Å²) in [7, 11) is 0. The lowest BCUT2D eigenvalue weighted by Gasteiger charge is -2.07. The summed E-state index contributed by atoms with van der Waals surface area (Å²) < 4.78 is 5.38. The fourth-order valence-electron chi connectivity index (χ4n) is 2.49. The molecule has 0 aliphatic rings. The summed E-state index contributed by atoms with van der Waals surface area (Å²) in [6, 6.07) is 18.4. The van der Waals surface area contributed by atoms with Crippen molar-refractivity contribution in [3.05, 3.63) is 111 Å². The molecule has 0 atom stereocenters. The number of non-ortho nitro benzene ring substituents is 1. The van der Waals surface area contributed by atoms with E-state index in [0.717, 1.165) is 6.07 Å². The fourth-order valence-corrected chi connectivity index (χ4v) is 2.62. The monoisotopic (exact) mass is 407 g/mol. The van der Waals surface area contributed by atoms with Crippen LogP contribution in [0.4, 0.5) is 5.69 Å². The van der Waals surface area contributed by atoms with Crippen molar-refractivity contribution in [2.45, 2.75) is 0 Å². The molecule has 0 bridgehead atoms. The zero-order valence-corrected chi connectivity index (χ0v) is 15.7. The van der Waals surface area contributed by atoms with Crippen molar-refractivity contribution >= 4 is 35.1 Å². The van der Waals surface area contributed by atoms with Crippen molar-refractivity contribution < 1.29 is 19.2 Å². The average molecular weight is 408 g/mol. The molecule has 0 saturated carbocycles. The van der Waals surface area contributed by atoms with Gasteiger partial charge in [-0.25, -0.2) is 4.79 Å². The third kappa shape index (κ3) is 5.15. The van der Waals surface area contributed by atoms with E-state index in [1.165, 1.54) is 30.4 Å². The van der Waals surface area contributed by atoms with Gasteiger partial charge in [-0.3, -0.25) is 14.9 Å². The SMILES string of the molecule is O=C(/C=C/c1ccccc1OC(=O)c1cccc([N+](=O)[O-])c1)c1ccc(Cl)cc1. The molecular weight excluding hydrogens is 394 g/mol. The number of allylic oxidation sites excluding steroid dienone is 1. The molecule has 144 valence electrons. The number of ketones is 1. The summed E-state index contributed by atoms with van der Waals surface area (Å²) in [6.45, 7) is 0. The van der Waals surface area contributed by atoms with Gasteiger partial charge in [-0.15, -0.1) is 0 Å². The number of benzene rings is 3. The second-order valence-corrected chi connectivity index (χ2v) is 6.38. The lowest BCUT2D eigenvalue weighted by Crippen LogP contribution is -2.09. The number of carbonyl (C=O) groups is 2. The molecule has 0 aliphatic carbocycles. The van der Waals surface area contributed by atoms with Crippen LogP contribution in [0, 0.1) is 10.1 Å². The number of nitro benzene ring substituents is 1. The molecule has 0 spiro atoms. The molecule has 0 radical (unpaired) electrons.